The second-order valence-corrected chi connectivity index (χ2v) is 3.94. The Bertz CT molecular complexity index is 544. The molecule has 2 N–H and O–H groups in total. The van der Waals surface area contributed by atoms with Crippen molar-refractivity contribution in [2.75, 3.05) is 5.73 Å². The number of alkyl halides is 2. The summed E-state index contributed by atoms with van der Waals surface area (Å²) < 4.78 is 25.0. The van der Waals surface area contributed by atoms with Gasteiger partial charge in [-0.05, 0) is 35.9 Å². The first-order valence-corrected chi connectivity index (χ1v) is 5.25. The van der Waals surface area contributed by atoms with E-state index in [1.165, 1.54) is 12.3 Å². The van der Waals surface area contributed by atoms with Crippen LogP contribution in [0.1, 0.15) is 12.1 Å². The second-order valence-electron chi connectivity index (χ2n) is 3.50. The zero-order valence-electron chi connectivity index (χ0n) is 8.70. The molecule has 1 aromatic heterocycles. The fourth-order valence-corrected chi connectivity index (χ4v) is 1.69. The van der Waals surface area contributed by atoms with Crippen LogP contribution in [0.15, 0.2) is 36.5 Å². The van der Waals surface area contributed by atoms with Gasteiger partial charge >= 0.3 is 0 Å². The van der Waals surface area contributed by atoms with Crippen LogP contribution in [-0.4, -0.2) is 4.98 Å². The summed E-state index contributed by atoms with van der Waals surface area (Å²) in [5.74, 6) is 0. The van der Waals surface area contributed by atoms with Crippen molar-refractivity contribution < 1.29 is 8.78 Å². The van der Waals surface area contributed by atoms with E-state index in [1.54, 1.807) is 24.3 Å². The highest BCUT2D eigenvalue weighted by Crippen LogP contribution is 2.30. The summed E-state index contributed by atoms with van der Waals surface area (Å²) in [7, 11) is 0. The summed E-state index contributed by atoms with van der Waals surface area (Å²) in [4.78, 5) is 3.59. The fourth-order valence-electron chi connectivity index (χ4n) is 1.51. The van der Waals surface area contributed by atoms with Crippen LogP contribution < -0.4 is 5.73 Å². The molecule has 17 heavy (non-hydrogen) atoms. The summed E-state index contributed by atoms with van der Waals surface area (Å²) >= 11 is 5.85. The molecule has 0 spiro atoms. The van der Waals surface area contributed by atoms with E-state index in [4.69, 9.17) is 17.3 Å². The van der Waals surface area contributed by atoms with Crippen molar-refractivity contribution >= 4 is 17.3 Å². The molecule has 0 fully saturated rings. The molecule has 0 saturated carbocycles. The first kappa shape index (κ1) is 11.8. The van der Waals surface area contributed by atoms with Gasteiger partial charge in [0, 0.05) is 22.5 Å². The standard InChI is InChI=1S/C12H9ClF2N2/c13-8-1-2-10(16)9(6-8)7-3-4-17-11(5-7)12(14)15/h1-6,12H,16H2. The quantitative estimate of drug-likeness (QED) is 0.825. The van der Waals surface area contributed by atoms with E-state index in [0.29, 0.717) is 21.8 Å². The Balaban J connectivity index is 2.52. The van der Waals surface area contributed by atoms with Crippen molar-refractivity contribution in [3.8, 4) is 11.1 Å². The smallest absolute Gasteiger partial charge is 0.280 e. The zero-order chi connectivity index (χ0) is 12.4. The number of nitrogens with two attached hydrogens (primary N) is 1. The summed E-state index contributed by atoms with van der Waals surface area (Å²) in [5, 5.41) is 0.504. The number of anilines is 1. The Morgan fingerprint density at radius 1 is 1.18 bits per heavy atom. The van der Waals surface area contributed by atoms with Crippen molar-refractivity contribution in [3.05, 3.63) is 47.2 Å². The molecule has 2 rings (SSSR count). The van der Waals surface area contributed by atoms with Crippen LogP contribution in [0.5, 0.6) is 0 Å². The van der Waals surface area contributed by atoms with Gasteiger partial charge in [0.1, 0.15) is 5.69 Å². The van der Waals surface area contributed by atoms with Gasteiger partial charge in [-0.15, -0.1) is 0 Å². The maximum atomic E-state index is 12.5. The lowest BCUT2D eigenvalue weighted by Gasteiger charge is -2.07. The van der Waals surface area contributed by atoms with Gasteiger partial charge in [-0.3, -0.25) is 4.98 Å². The molecule has 0 atom stereocenters. The van der Waals surface area contributed by atoms with E-state index in [2.05, 4.69) is 4.98 Å². The zero-order valence-corrected chi connectivity index (χ0v) is 9.46. The summed E-state index contributed by atoms with van der Waals surface area (Å²) in [6.07, 6.45) is -1.27. The van der Waals surface area contributed by atoms with E-state index < -0.39 is 6.43 Å². The fraction of sp³-hybridized carbons (Fsp3) is 0.0833. The van der Waals surface area contributed by atoms with Crippen LogP contribution in [0.3, 0.4) is 0 Å². The van der Waals surface area contributed by atoms with E-state index in [0.717, 1.165) is 0 Å². The first-order chi connectivity index (χ1) is 8.08. The number of pyridine rings is 1. The molecular weight excluding hydrogens is 246 g/mol. The molecule has 0 unspecified atom stereocenters. The average molecular weight is 255 g/mol. The lowest BCUT2D eigenvalue weighted by atomic mass is 10.0. The van der Waals surface area contributed by atoms with Crippen molar-refractivity contribution in [1.29, 1.82) is 0 Å². The van der Waals surface area contributed by atoms with Crippen LogP contribution in [0.25, 0.3) is 11.1 Å². The third-order valence-corrected chi connectivity index (χ3v) is 2.57. The molecule has 0 bridgehead atoms. The number of rotatable bonds is 2. The molecule has 2 nitrogen and oxygen atoms in total. The minimum absolute atomic E-state index is 0.276. The number of nitrogens with zero attached hydrogens (tertiary/aromatic N) is 1. The van der Waals surface area contributed by atoms with Gasteiger partial charge < -0.3 is 5.73 Å². The molecular formula is C12H9ClF2N2. The normalized spacial score (nSPS) is 10.8. The highest BCUT2D eigenvalue weighted by molar-refractivity contribution is 6.31. The lowest BCUT2D eigenvalue weighted by molar-refractivity contribution is 0.146. The predicted octanol–water partition coefficient (Wildman–Crippen LogP) is 3.92. The maximum Gasteiger partial charge on any atom is 0.280 e. The number of hydrogen-bond acceptors (Lipinski definition) is 2. The van der Waals surface area contributed by atoms with E-state index in [-0.39, 0.29) is 5.69 Å². The topological polar surface area (TPSA) is 38.9 Å². The summed E-state index contributed by atoms with van der Waals surface area (Å²) in [5.41, 5.74) is 7.20. The number of halogens is 3. The Labute approximate surface area is 102 Å². The summed E-state index contributed by atoms with van der Waals surface area (Å²) in [6.45, 7) is 0. The molecule has 0 aliphatic carbocycles. The van der Waals surface area contributed by atoms with Gasteiger partial charge in [-0.2, -0.15) is 0 Å². The van der Waals surface area contributed by atoms with E-state index in [9.17, 15) is 8.78 Å². The van der Waals surface area contributed by atoms with Crippen LogP contribution in [0, 0.1) is 0 Å². The van der Waals surface area contributed by atoms with Gasteiger partial charge in [0.2, 0.25) is 0 Å². The van der Waals surface area contributed by atoms with Crippen molar-refractivity contribution in [3.63, 3.8) is 0 Å². The maximum absolute atomic E-state index is 12.5. The average Bonchev–Trinajstić information content (AvgIpc) is 2.32. The number of hydrogen-bond donors (Lipinski definition) is 1. The summed E-state index contributed by atoms with van der Waals surface area (Å²) in [6, 6.07) is 7.86. The molecule has 0 aliphatic rings. The number of benzene rings is 1. The van der Waals surface area contributed by atoms with Gasteiger partial charge in [-0.25, -0.2) is 8.78 Å². The highest BCUT2D eigenvalue weighted by atomic mass is 35.5. The Kier molecular flexibility index (Phi) is 3.24. The van der Waals surface area contributed by atoms with Crippen molar-refractivity contribution in [1.82, 2.24) is 4.98 Å². The molecule has 0 aliphatic heterocycles. The molecule has 0 saturated heterocycles. The Hall–Kier alpha value is -1.68. The minimum atomic E-state index is -2.60. The number of nitrogen functional groups attached to an aromatic ring is 1. The molecule has 1 heterocycles. The number of aromatic nitrogens is 1. The highest BCUT2D eigenvalue weighted by Gasteiger charge is 2.11. The monoisotopic (exact) mass is 254 g/mol. The van der Waals surface area contributed by atoms with Gasteiger partial charge in [0.15, 0.2) is 0 Å². The van der Waals surface area contributed by atoms with Crippen LogP contribution in [0.2, 0.25) is 5.02 Å². The van der Waals surface area contributed by atoms with E-state index >= 15 is 0 Å². The van der Waals surface area contributed by atoms with E-state index in [1.807, 2.05) is 0 Å². The van der Waals surface area contributed by atoms with Crippen LogP contribution >= 0.6 is 11.6 Å². The Morgan fingerprint density at radius 2 is 1.94 bits per heavy atom. The molecule has 0 amide bonds. The molecule has 1 aromatic carbocycles. The van der Waals surface area contributed by atoms with Crippen LogP contribution in [-0.2, 0) is 0 Å². The Morgan fingerprint density at radius 3 is 2.65 bits per heavy atom. The van der Waals surface area contributed by atoms with Gasteiger partial charge in [0.05, 0.1) is 0 Å². The lowest BCUT2D eigenvalue weighted by Crippen LogP contribution is -1.93. The predicted molar refractivity (Wildman–Crippen MR) is 64.1 cm³/mol. The second kappa shape index (κ2) is 4.67. The van der Waals surface area contributed by atoms with Crippen LogP contribution in [0.4, 0.5) is 14.5 Å². The largest absolute Gasteiger partial charge is 0.398 e. The third-order valence-electron chi connectivity index (χ3n) is 2.33. The van der Waals surface area contributed by atoms with Gasteiger partial charge in [0.25, 0.3) is 6.43 Å². The first-order valence-electron chi connectivity index (χ1n) is 4.87. The van der Waals surface area contributed by atoms with Crippen molar-refractivity contribution in [2.24, 2.45) is 0 Å². The molecule has 88 valence electrons. The van der Waals surface area contributed by atoms with Gasteiger partial charge in [-0.1, -0.05) is 11.6 Å². The molecule has 0 radical (unpaired) electrons. The molecule has 2 aromatic rings. The third kappa shape index (κ3) is 2.53. The SMILES string of the molecule is Nc1ccc(Cl)cc1-c1ccnc(C(F)F)c1. The molecule has 5 heteroatoms. The van der Waals surface area contributed by atoms with Crippen molar-refractivity contribution in [2.45, 2.75) is 6.43 Å². The minimum Gasteiger partial charge on any atom is -0.398 e.